The molecule has 88 valence electrons. The molecule has 0 heterocycles. The molecule has 0 aliphatic heterocycles. The van der Waals surface area contributed by atoms with Gasteiger partial charge in [0.15, 0.2) is 0 Å². The molecule has 0 N–H and O–H groups in total. The molecule has 2 fully saturated rings. The fraction of sp³-hybridized carbons (Fsp3) is 1.00. The maximum atomic E-state index is 6.14. The van der Waals surface area contributed by atoms with Gasteiger partial charge in [-0.05, 0) is 63.2 Å². The van der Waals surface area contributed by atoms with Crippen LogP contribution in [-0.2, 0) is 4.74 Å². The highest BCUT2D eigenvalue weighted by Gasteiger charge is 2.40. The van der Waals surface area contributed by atoms with Gasteiger partial charge in [-0.15, -0.1) is 0 Å². The summed E-state index contributed by atoms with van der Waals surface area (Å²) in [5.74, 6) is 3.56. The van der Waals surface area contributed by atoms with E-state index in [0.29, 0.717) is 12.2 Å². The molecule has 2 saturated carbocycles. The van der Waals surface area contributed by atoms with E-state index in [9.17, 15) is 0 Å². The Balaban J connectivity index is 2.02. The van der Waals surface area contributed by atoms with Gasteiger partial charge >= 0.3 is 0 Å². The Morgan fingerprint density at radius 1 is 1.00 bits per heavy atom. The zero-order chi connectivity index (χ0) is 11.0. The minimum absolute atomic E-state index is 0.395. The summed E-state index contributed by atoms with van der Waals surface area (Å²) in [6, 6.07) is 0. The molecule has 1 heteroatoms. The van der Waals surface area contributed by atoms with Crippen LogP contribution in [0.25, 0.3) is 0 Å². The molecule has 2 aliphatic rings. The molecule has 1 nitrogen and oxygen atoms in total. The molecule has 2 bridgehead atoms. The molecular formula is C14H26O. The molecule has 0 radical (unpaired) electrons. The van der Waals surface area contributed by atoms with Gasteiger partial charge in [0.25, 0.3) is 0 Å². The lowest BCUT2D eigenvalue weighted by Crippen LogP contribution is -2.43. The Hall–Kier alpha value is -0.0400. The second-order valence-corrected chi connectivity index (χ2v) is 6.30. The van der Waals surface area contributed by atoms with Crippen LogP contribution >= 0.6 is 0 Å². The largest absolute Gasteiger partial charge is 0.375 e. The maximum absolute atomic E-state index is 6.14. The van der Waals surface area contributed by atoms with E-state index in [4.69, 9.17) is 4.74 Å². The number of rotatable bonds is 2. The monoisotopic (exact) mass is 210 g/mol. The summed E-state index contributed by atoms with van der Waals surface area (Å²) < 4.78 is 6.14. The van der Waals surface area contributed by atoms with Gasteiger partial charge in [0, 0.05) is 0 Å². The average Bonchev–Trinajstić information content (AvgIpc) is 2.10. The summed E-state index contributed by atoms with van der Waals surface area (Å²) in [5.41, 5.74) is 0. The Labute approximate surface area is 94.6 Å². The van der Waals surface area contributed by atoms with Crippen molar-refractivity contribution in [2.45, 2.75) is 65.6 Å². The molecular weight excluding hydrogens is 184 g/mol. The number of hydrogen-bond donors (Lipinski definition) is 0. The van der Waals surface area contributed by atoms with Crippen molar-refractivity contribution >= 4 is 0 Å². The van der Waals surface area contributed by atoms with E-state index < -0.39 is 0 Å². The first-order chi connectivity index (χ1) is 7.06. The average molecular weight is 210 g/mol. The van der Waals surface area contributed by atoms with Crippen LogP contribution in [0.2, 0.25) is 0 Å². The van der Waals surface area contributed by atoms with Crippen LogP contribution in [-0.4, -0.2) is 12.2 Å². The molecule has 0 aromatic carbocycles. The number of hydrogen-bond acceptors (Lipinski definition) is 1. The molecule has 0 spiro atoms. The maximum Gasteiger partial charge on any atom is 0.0632 e. The van der Waals surface area contributed by atoms with Crippen LogP contribution in [0.5, 0.6) is 0 Å². The molecule has 0 aromatic rings. The summed E-state index contributed by atoms with van der Waals surface area (Å²) in [4.78, 5) is 0. The third-order valence-electron chi connectivity index (χ3n) is 4.24. The summed E-state index contributed by atoms with van der Waals surface area (Å²) in [6.07, 6.45) is 6.65. The van der Waals surface area contributed by atoms with E-state index in [2.05, 4.69) is 27.7 Å². The smallest absolute Gasteiger partial charge is 0.0632 e. The first-order valence-corrected chi connectivity index (χ1v) is 6.71. The van der Waals surface area contributed by atoms with E-state index >= 15 is 0 Å². The Kier molecular flexibility index (Phi) is 3.39. The predicted molar refractivity (Wildman–Crippen MR) is 63.8 cm³/mol. The van der Waals surface area contributed by atoms with Gasteiger partial charge in [0.1, 0.15) is 0 Å². The molecule has 0 aromatic heterocycles. The Morgan fingerprint density at radius 2 is 1.73 bits per heavy atom. The third kappa shape index (κ3) is 2.55. The van der Waals surface area contributed by atoms with Crippen molar-refractivity contribution in [1.82, 2.24) is 0 Å². The van der Waals surface area contributed by atoms with Crippen molar-refractivity contribution < 1.29 is 4.74 Å². The second kappa shape index (κ2) is 4.45. The minimum atomic E-state index is 0.395. The fourth-order valence-electron chi connectivity index (χ4n) is 3.95. The second-order valence-electron chi connectivity index (χ2n) is 6.30. The van der Waals surface area contributed by atoms with Crippen molar-refractivity contribution in [2.24, 2.45) is 23.7 Å². The van der Waals surface area contributed by atoms with Crippen LogP contribution < -0.4 is 0 Å². The first-order valence-electron chi connectivity index (χ1n) is 6.71. The van der Waals surface area contributed by atoms with Crippen LogP contribution in [0.4, 0.5) is 0 Å². The number of fused-ring (bicyclic) bond motifs is 2. The quantitative estimate of drug-likeness (QED) is 0.672. The van der Waals surface area contributed by atoms with Gasteiger partial charge in [0.2, 0.25) is 0 Å². The van der Waals surface area contributed by atoms with Crippen LogP contribution in [0.3, 0.4) is 0 Å². The Morgan fingerprint density at radius 3 is 2.40 bits per heavy atom. The van der Waals surface area contributed by atoms with Crippen molar-refractivity contribution in [3.63, 3.8) is 0 Å². The highest BCUT2D eigenvalue weighted by Crippen LogP contribution is 2.46. The summed E-state index contributed by atoms with van der Waals surface area (Å²) in [6.45, 7) is 9.15. The normalized spacial score (nSPS) is 45.8. The Bertz CT molecular complexity index is 207. The molecule has 5 unspecified atom stereocenters. The third-order valence-corrected chi connectivity index (χ3v) is 4.24. The summed E-state index contributed by atoms with van der Waals surface area (Å²) in [5, 5.41) is 0. The molecule has 15 heavy (non-hydrogen) atoms. The van der Waals surface area contributed by atoms with E-state index in [1.165, 1.54) is 25.7 Å². The molecule has 0 saturated heterocycles. The van der Waals surface area contributed by atoms with E-state index in [0.717, 1.165) is 23.7 Å². The minimum Gasteiger partial charge on any atom is -0.375 e. The van der Waals surface area contributed by atoms with Crippen LogP contribution in [0, 0.1) is 23.7 Å². The lowest BCUT2D eigenvalue weighted by Gasteiger charge is -2.46. The molecule has 5 atom stereocenters. The van der Waals surface area contributed by atoms with Gasteiger partial charge in [-0.2, -0.15) is 0 Å². The SMILES string of the molecule is CC1CC2CC(C)C(OC(C)C)C(C1)C2. The highest BCUT2D eigenvalue weighted by molar-refractivity contribution is 4.90. The summed E-state index contributed by atoms with van der Waals surface area (Å²) >= 11 is 0. The van der Waals surface area contributed by atoms with Crippen LogP contribution in [0.1, 0.15) is 53.4 Å². The fourth-order valence-corrected chi connectivity index (χ4v) is 3.95. The van der Waals surface area contributed by atoms with Crippen molar-refractivity contribution in [1.29, 1.82) is 0 Å². The molecule has 2 aliphatic carbocycles. The first kappa shape index (κ1) is 11.4. The lowest BCUT2D eigenvalue weighted by molar-refractivity contribution is -0.102. The van der Waals surface area contributed by atoms with Gasteiger partial charge in [-0.25, -0.2) is 0 Å². The van der Waals surface area contributed by atoms with Crippen molar-refractivity contribution in [2.75, 3.05) is 0 Å². The lowest BCUT2D eigenvalue weighted by atomic mass is 9.64. The van der Waals surface area contributed by atoms with Crippen LogP contribution in [0.15, 0.2) is 0 Å². The van der Waals surface area contributed by atoms with Gasteiger partial charge in [-0.1, -0.05) is 13.8 Å². The van der Waals surface area contributed by atoms with Gasteiger partial charge in [-0.3, -0.25) is 0 Å². The van der Waals surface area contributed by atoms with Crippen molar-refractivity contribution in [3.05, 3.63) is 0 Å². The zero-order valence-corrected chi connectivity index (χ0v) is 10.7. The van der Waals surface area contributed by atoms with Gasteiger partial charge < -0.3 is 4.74 Å². The van der Waals surface area contributed by atoms with E-state index in [1.807, 2.05) is 0 Å². The molecule has 2 rings (SSSR count). The zero-order valence-electron chi connectivity index (χ0n) is 10.7. The topological polar surface area (TPSA) is 9.23 Å². The standard InChI is InChI=1S/C14H26O/c1-9(2)15-14-11(4)7-12-5-10(3)6-13(14)8-12/h9-14H,5-8H2,1-4H3. The van der Waals surface area contributed by atoms with Crippen molar-refractivity contribution in [3.8, 4) is 0 Å². The highest BCUT2D eigenvalue weighted by atomic mass is 16.5. The summed E-state index contributed by atoms with van der Waals surface area (Å²) in [7, 11) is 0. The molecule has 0 amide bonds. The number of ether oxygens (including phenoxy) is 1. The van der Waals surface area contributed by atoms with E-state index in [-0.39, 0.29) is 0 Å². The van der Waals surface area contributed by atoms with Gasteiger partial charge in [0.05, 0.1) is 12.2 Å². The predicted octanol–water partition coefficient (Wildman–Crippen LogP) is 3.87. The van der Waals surface area contributed by atoms with E-state index in [1.54, 1.807) is 0 Å².